The van der Waals surface area contributed by atoms with Crippen molar-refractivity contribution in [2.45, 2.75) is 25.0 Å². The number of fused-ring (bicyclic) bond motifs is 1. The van der Waals surface area contributed by atoms with Gasteiger partial charge in [-0.2, -0.15) is 0 Å². The number of benzene rings is 1. The van der Waals surface area contributed by atoms with E-state index >= 15 is 0 Å². The summed E-state index contributed by atoms with van der Waals surface area (Å²) in [7, 11) is 0. The summed E-state index contributed by atoms with van der Waals surface area (Å²) in [6.07, 6.45) is 1.86. The average molecular weight is 303 g/mol. The highest BCUT2D eigenvalue weighted by atomic mass is 32.2. The number of esters is 1. The first-order valence-electron chi connectivity index (χ1n) is 7.15. The molecule has 21 heavy (non-hydrogen) atoms. The maximum atomic E-state index is 12.4. The second-order valence-electron chi connectivity index (χ2n) is 4.99. The number of nitrogens with zero attached hydrogens (tertiary/aromatic N) is 1. The molecule has 0 spiro atoms. The minimum Gasteiger partial charge on any atom is -0.465 e. The molecule has 3 rings (SSSR count). The molecule has 0 N–H and O–H groups in total. The van der Waals surface area contributed by atoms with E-state index in [0.717, 1.165) is 29.0 Å². The minimum absolute atomic E-state index is 0.137. The molecule has 0 radical (unpaired) electrons. The molecule has 1 fully saturated rings. The summed E-state index contributed by atoms with van der Waals surface area (Å²) >= 11 is 1.34. The van der Waals surface area contributed by atoms with Crippen LogP contribution in [0.15, 0.2) is 35.4 Å². The van der Waals surface area contributed by atoms with Gasteiger partial charge in [0.15, 0.2) is 5.25 Å². The van der Waals surface area contributed by atoms with Crippen LogP contribution in [0.2, 0.25) is 0 Å². The highest BCUT2D eigenvalue weighted by Gasteiger charge is 2.44. The number of carbonyl (C=O) groups excluding carboxylic acids is 2. The van der Waals surface area contributed by atoms with Gasteiger partial charge in [-0.25, -0.2) is 0 Å². The van der Waals surface area contributed by atoms with Gasteiger partial charge >= 0.3 is 5.97 Å². The van der Waals surface area contributed by atoms with Gasteiger partial charge in [0.05, 0.1) is 11.6 Å². The van der Waals surface area contributed by atoms with Gasteiger partial charge in [-0.15, -0.1) is 0 Å². The topological polar surface area (TPSA) is 46.6 Å². The van der Waals surface area contributed by atoms with E-state index in [-0.39, 0.29) is 5.91 Å². The van der Waals surface area contributed by atoms with Crippen molar-refractivity contribution in [3.8, 4) is 0 Å². The molecule has 0 bridgehead atoms. The standard InChI is InChI=1S/C16H17NO3S/c1-2-20-16(19)13-14(18)17-10-6-9-12(15(17)21-13)11-7-4-3-5-8-11/h3-5,7-8,13H,2,6,9-10H2,1H3. The first-order valence-corrected chi connectivity index (χ1v) is 8.03. The normalized spacial score (nSPS) is 21.5. The lowest BCUT2D eigenvalue weighted by molar-refractivity contribution is -0.146. The van der Waals surface area contributed by atoms with Crippen molar-refractivity contribution in [2.24, 2.45) is 0 Å². The van der Waals surface area contributed by atoms with E-state index in [1.807, 2.05) is 18.2 Å². The number of ether oxygens (including phenoxy) is 1. The van der Waals surface area contributed by atoms with Crippen molar-refractivity contribution in [1.82, 2.24) is 4.90 Å². The van der Waals surface area contributed by atoms with Crippen LogP contribution >= 0.6 is 11.8 Å². The van der Waals surface area contributed by atoms with Gasteiger partial charge in [0, 0.05) is 6.54 Å². The molecule has 0 saturated carbocycles. The van der Waals surface area contributed by atoms with Crippen molar-refractivity contribution in [1.29, 1.82) is 0 Å². The lowest BCUT2D eigenvalue weighted by Crippen LogP contribution is -2.35. The second kappa shape index (κ2) is 5.93. The van der Waals surface area contributed by atoms with Crippen molar-refractivity contribution in [3.05, 3.63) is 40.9 Å². The third-order valence-electron chi connectivity index (χ3n) is 3.65. The molecule has 2 aliphatic rings. The lowest BCUT2D eigenvalue weighted by Gasteiger charge is -2.25. The number of rotatable bonds is 3. The average Bonchev–Trinajstić information content (AvgIpc) is 2.86. The van der Waals surface area contributed by atoms with E-state index in [1.54, 1.807) is 11.8 Å². The van der Waals surface area contributed by atoms with E-state index < -0.39 is 11.2 Å². The Kier molecular flexibility index (Phi) is 4.01. The molecule has 0 aromatic heterocycles. The summed E-state index contributed by atoms with van der Waals surface area (Å²) in [6.45, 7) is 2.74. The monoisotopic (exact) mass is 303 g/mol. The molecular weight excluding hydrogens is 286 g/mol. The number of carbonyl (C=O) groups is 2. The van der Waals surface area contributed by atoms with Crippen LogP contribution in [0.25, 0.3) is 5.57 Å². The molecule has 1 aromatic rings. The molecule has 1 aromatic carbocycles. The maximum Gasteiger partial charge on any atom is 0.329 e. The van der Waals surface area contributed by atoms with Gasteiger partial charge < -0.3 is 9.64 Å². The van der Waals surface area contributed by atoms with E-state index in [2.05, 4.69) is 12.1 Å². The van der Waals surface area contributed by atoms with Crippen LogP contribution in [0.4, 0.5) is 0 Å². The molecule has 2 heterocycles. The van der Waals surface area contributed by atoms with Gasteiger partial charge in [0.2, 0.25) is 0 Å². The van der Waals surface area contributed by atoms with Crippen LogP contribution < -0.4 is 0 Å². The molecule has 4 nitrogen and oxygen atoms in total. The second-order valence-corrected chi connectivity index (χ2v) is 6.09. The lowest BCUT2D eigenvalue weighted by atomic mass is 9.99. The Morgan fingerprint density at radius 3 is 2.86 bits per heavy atom. The third-order valence-corrected chi connectivity index (χ3v) is 4.97. The van der Waals surface area contributed by atoms with Crippen LogP contribution in [-0.4, -0.2) is 35.2 Å². The zero-order chi connectivity index (χ0) is 14.8. The summed E-state index contributed by atoms with van der Waals surface area (Å²) in [6, 6.07) is 10.1. The molecule has 110 valence electrons. The van der Waals surface area contributed by atoms with Gasteiger partial charge in [0.1, 0.15) is 0 Å². The fourth-order valence-corrected chi connectivity index (χ4v) is 3.99. The molecule has 1 saturated heterocycles. The zero-order valence-electron chi connectivity index (χ0n) is 11.9. The van der Waals surface area contributed by atoms with E-state index in [9.17, 15) is 9.59 Å². The van der Waals surface area contributed by atoms with E-state index in [4.69, 9.17) is 4.74 Å². The molecule has 2 aliphatic heterocycles. The largest absolute Gasteiger partial charge is 0.465 e. The van der Waals surface area contributed by atoms with Crippen molar-refractivity contribution < 1.29 is 14.3 Å². The van der Waals surface area contributed by atoms with Crippen LogP contribution in [0, 0.1) is 0 Å². The van der Waals surface area contributed by atoms with Crippen molar-refractivity contribution in [2.75, 3.05) is 13.2 Å². The summed E-state index contributed by atoms with van der Waals surface area (Å²) < 4.78 is 5.01. The Labute approximate surface area is 128 Å². The smallest absolute Gasteiger partial charge is 0.329 e. The molecule has 5 heteroatoms. The predicted octanol–water partition coefficient (Wildman–Crippen LogP) is 2.66. The van der Waals surface area contributed by atoms with Gasteiger partial charge in [-0.3, -0.25) is 9.59 Å². The summed E-state index contributed by atoms with van der Waals surface area (Å²) in [4.78, 5) is 26.1. The Bertz CT molecular complexity index is 597. The first-order chi connectivity index (χ1) is 10.2. The molecular formula is C16H17NO3S. The third kappa shape index (κ3) is 2.58. The van der Waals surface area contributed by atoms with Crippen LogP contribution in [-0.2, 0) is 14.3 Å². The molecule has 1 atom stereocenters. The maximum absolute atomic E-state index is 12.4. The minimum atomic E-state index is -0.739. The first kappa shape index (κ1) is 14.2. The van der Waals surface area contributed by atoms with Gasteiger partial charge in [-0.1, -0.05) is 42.1 Å². The van der Waals surface area contributed by atoms with Gasteiger partial charge in [0.25, 0.3) is 5.91 Å². The molecule has 0 aliphatic carbocycles. The van der Waals surface area contributed by atoms with E-state index in [1.165, 1.54) is 11.8 Å². The number of hydrogen-bond acceptors (Lipinski definition) is 4. The summed E-state index contributed by atoms with van der Waals surface area (Å²) in [5.74, 6) is -0.566. The fourth-order valence-electron chi connectivity index (χ4n) is 2.71. The summed E-state index contributed by atoms with van der Waals surface area (Å²) in [5.41, 5.74) is 2.29. The Morgan fingerprint density at radius 1 is 1.38 bits per heavy atom. The fraction of sp³-hybridized carbons (Fsp3) is 0.375. The number of hydrogen-bond donors (Lipinski definition) is 0. The van der Waals surface area contributed by atoms with Gasteiger partial charge in [-0.05, 0) is 30.9 Å². The van der Waals surface area contributed by atoms with E-state index in [0.29, 0.717) is 13.2 Å². The molecule has 1 unspecified atom stereocenters. The highest BCUT2D eigenvalue weighted by molar-refractivity contribution is 8.05. The van der Waals surface area contributed by atoms with Crippen LogP contribution in [0.1, 0.15) is 25.3 Å². The quantitative estimate of drug-likeness (QED) is 0.636. The zero-order valence-corrected chi connectivity index (χ0v) is 12.7. The number of amides is 1. The number of thioether (sulfide) groups is 1. The predicted molar refractivity (Wildman–Crippen MR) is 82.3 cm³/mol. The van der Waals surface area contributed by atoms with Crippen LogP contribution in [0.5, 0.6) is 0 Å². The van der Waals surface area contributed by atoms with Crippen molar-refractivity contribution >= 4 is 29.2 Å². The molecule has 1 amide bonds. The SMILES string of the molecule is CCOC(=O)C1SC2=C(c3ccccc3)CCCN2C1=O. The Balaban J connectivity index is 1.95. The Morgan fingerprint density at radius 2 is 2.14 bits per heavy atom. The van der Waals surface area contributed by atoms with Crippen molar-refractivity contribution in [3.63, 3.8) is 0 Å². The summed E-state index contributed by atoms with van der Waals surface area (Å²) in [5, 5.41) is 0.187. The number of allylic oxidation sites excluding steroid dienone is 1. The Hall–Kier alpha value is -1.75. The highest BCUT2D eigenvalue weighted by Crippen LogP contribution is 2.44. The van der Waals surface area contributed by atoms with Crippen LogP contribution in [0.3, 0.4) is 0 Å².